The number of aryl methyl sites for hydroxylation is 1. The van der Waals surface area contributed by atoms with Crippen molar-refractivity contribution in [2.75, 3.05) is 5.32 Å². The highest BCUT2D eigenvalue weighted by Crippen LogP contribution is 2.35. The molecular formula is C10H9ClF3N5. The van der Waals surface area contributed by atoms with Crippen molar-refractivity contribution in [3.63, 3.8) is 0 Å². The van der Waals surface area contributed by atoms with E-state index < -0.39 is 11.7 Å². The summed E-state index contributed by atoms with van der Waals surface area (Å²) in [6.07, 6.45) is -4.46. The quantitative estimate of drug-likeness (QED) is 0.944. The molecule has 0 saturated carbocycles. The molecule has 0 atom stereocenters. The van der Waals surface area contributed by atoms with Gasteiger partial charge in [-0.3, -0.25) is 0 Å². The van der Waals surface area contributed by atoms with Gasteiger partial charge in [0.2, 0.25) is 0 Å². The van der Waals surface area contributed by atoms with E-state index in [1.54, 1.807) is 7.05 Å². The Morgan fingerprint density at radius 1 is 1.37 bits per heavy atom. The summed E-state index contributed by atoms with van der Waals surface area (Å²) in [6, 6.07) is 3.45. The number of halogens is 4. The second kappa shape index (κ2) is 5.04. The number of tetrazole rings is 1. The third-order valence-corrected chi connectivity index (χ3v) is 2.75. The first-order chi connectivity index (χ1) is 8.88. The molecule has 0 aliphatic rings. The molecule has 0 bridgehead atoms. The van der Waals surface area contributed by atoms with Crippen LogP contribution in [-0.2, 0) is 19.8 Å². The van der Waals surface area contributed by atoms with Crippen molar-refractivity contribution in [3.8, 4) is 0 Å². The minimum Gasteiger partial charge on any atom is -0.378 e. The Morgan fingerprint density at radius 3 is 2.63 bits per heavy atom. The van der Waals surface area contributed by atoms with Gasteiger partial charge in [-0.2, -0.15) is 13.2 Å². The Bertz CT molecular complexity index is 581. The molecule has 1 heterocycles. The molecule has 1 N–H and O–H groups in total. The van der Waals surface area contributed by atoms with E-state index in [-0.39, 0.29) is 11.6 Å². The van der Waals surface area contributed by atoms with Gasteiger partial charge in [0.1, 0.15) is 0 Å². The monoisotopic (exact) mass is 291 g/mol. The first-order valence-corrected chi connectivity index (χ1v) is 5.57. The van der Waals surface area contributed by atoms with Gasteiger partial charge in [0.25, 0.3) is 0 Å². The molecule has 19 heavy (non-hydrogen) atoms. The summed E-state index contributed by atoms with van der Waals surface area (Å²) in [5.74, 6) is 0.552. The molecule has 0 unspecified atom stereocenters. The van der Waals surface area contributed by atoms with Gasteiger partial charge < -0.3 is 5.32 Å². The minimum absolute atomic E-state index is 0.283. The van der Waals surface area contributed by atoms with E-state index in [0.29, 0.717) is 11.5 Å². The summed E-state index contributed by atoms with van der Waals surface area (Å²) in [5.41, 5.74) is -0.402. The number of alkyl halides is 3. The molecule has 2 rings (SSSR count). The van der Waals surface area contributed by atoms with E-state index in [9.17, 15) is 13.2 Å². The van der Waals surface area contributed by atoms with Crippen LogP contribution >= 0.6 is 11.6 Å². The highest BCUT2D eigenvalue weighted by atomic mass is 35.5. The molecular weight excluding hydrogens is 283 g/mol. The fourth-order valence-electron chi connectivity index (χ4n) is 1.43. The van der Waals surface area contributed by atoms with Crippen LogP contribution in [0.15, 0.2) is 18.2 Å². The third-order valence-electron chi connectivity index (χ3n) is 2.43. The van der Waals surface area contributed by atoms with E-state index in [2.05, 4.69) is 20.8 Å². The maximum atomic E-state index is 12.5. The van der Waals surface area contributed by atoms with Crippen molar-refractivity contribution >= 4 is 17.3 Å². The van der Waals surface area contributed by atoms with Crippen molar-refractivity contribution in [3.05, 3.63) is 34.6 Å². The van der Waals surface area contributed by atoms with Gasteiger partial charge in [0, 0.05) is 12.7 Å². The lowest BCUT2D eigenvalue weighted by Crippen LogP contribution is -2.08. The Labute approximate surface area is 111 Å². The SMILES string of the molecule is Cn1nnnc1CNc1ccc(C(F)(F)F)c(Cl)c1. The molecule has 1 aromatic heterocycles. The van der Waals surface area contributed by atoms with E-state index >= 15 is 0 Å². The Kier molecular flexibility index (Phi) is 3.61. The molecule has 5 nitrogen and oxygen atoms in total. The highest BCUT2D eigenvalue weighted by Gasteiger charge is 2.32. The van der Waals surface area contributed by atoms with Crippen LogP contribution in [0.25, 0.3) is 0 Å². The van der Waals surface area contributed by atoms with Crippen LogP contribution in [0.1, 0.15) is 11.4 Å². The molecule has 0 aliphatic heterocycles. The van der Waals surface area contributed by atoms with Crippen LogP contribution in [0.2, 0.25) is 5.02 Å². The van der Waals surface area contributed by atoms with Crippen LogP contribution in [-0.4, -0.2) is 20.2 Å². The number of rotatable bonds is 3. The van der Waals surface area contributed by atoms with Gasteiger partial charge in [-0.05, 0) is 28.6 Å². The van der Waals surface area contributed by atoms with Gasteiger partial charge in [0.15, 0.2) is 5.82 Å². The Morgan fingerprint density at radius 2 is 2.11 bits per heavy atom. The predicted molar refractivity (Wildman–Crippen MR) is 62.6 cm³/mol. The Balaban J connectivity index is 2.11. The van der Waals surface area contributed by atoms with Crippen molar-refractivity contribution in [1.29, 1.82) is 0 Å². The first kappa shape index (κ1) is 13.6. The highest BCUT2D eigenvalue weighted by molar-refractivity contribution is 6.31. The third kappa shape index (κ3) is 3.14. The molecule has 0 aliphatic carbocycles. The fourth-order valence-corrected chi connectivity index (χ4v) is 1.72. The number of benzene rings is 1. The van der Waals surface area contributed by atoms with Crippen LogP contribution in [0.4, 0.5) is 18.9 Å². The number of nitrogens with one attached hydrogen (secondary N) is 1. The number of aromatic nitrogens is 4. The van der Waals surface area contributed by atoms with Gasteiger partial charge >= 0.3 is 6.18 Å². The molecule has 0 spiro atoms. The molecule has 0 amide bonds. The maximum Gasteiger partial charge on any atom is 0.417 e. The minimum atomic E-state index is -4.46. The smallest absolute Gasteiger partial charge is 0.378 e. The largest absolute Gasteiger partial charge is 0.417 e. The summed E-state index contributed by atoms with van der Waals surface area (Å²) >= 11 is 5.60. The van der Waals surface area contributed by atoms with Gasteiger partial charge in [-0.25, -0.2) is 4.68 Å². The number of hydrogen-bond donors (Lipinski definition) is 1. The molecule has 9 heteroatoms. The van der Waals surface area contributed by atoms with Crippen molar-refractivity contribution in [2.45, 2.75) is 12.7 Å². The number of hydrogen-bond acceptors (Lipinski definition) is 4. The van der Waals surface area contributed by atoms with E-state index in [1.165, 1.54) is 16.8 Å². The molecule has 2 aromatic rings. The fraction of sp³-hybridized carbons (Fsp3) is 0.300. The lowest BCUT2D eigenvalue weighted by molar-refractivity contribution is -0.137. The van der Waals surface area contributed by atoms with Crippen LogP contribution in [0, 0.1) is 0 Å². The van der Waals surface area contributed by atoms with E-state index in [1.807, 2.05) is 0 Å². The summed E-state index contributed by atoms with van der Waals surface area (Å²) in [7, 11) is 1.66. The number of anilines is 1. The molecule has 0 fully saturated rings. The molecule has 0 saturated heterocycles. The van der Waals surface area contributed by atoms with Crippen LogP contribution in [0.5, 0.6) is 0 Å². The normalized spacial score (nSPS) is 11.6. The van der Waals surface area contributed by atoms with Gasteiger partial charge in [-0.1, -0.05) is 11.6 Å². The topological polar surface area (TPSA) is 55.6 Å². The molecule has 102 valence electrons. The van der Waals surface area contributed by atoms with Crippen LogP contribution in [0.3, 0.4) is 0 Å². The predicted octanol–water partition coefficient (Wildman–Crippen LogP) is 2.49. The summed E-state index contributed by atoms with van der Waals surface area (Å²) in [5, 5.41) is 13.4. The van der Waals surface area contributed by atoms with Gasteiger partial charge in [0.05, 0.1) is 17.1 Å². The molecule has 0 radical (unpaired) electrons. The summed E-state index contributed by atoms with van der Waals surface area (Å²) < 4.78 is 39.0. The van der Waals surface area contributed by atoms with Crippen molar-refractivity contribution < 1.29 is 13.2 Å². The molecule has 1 aromatic carbocycles. The second-order valence-electron chi connectivity index (χ2n) is 3.76. The number of nitrogens with zero attached hydrogens (tertiary/aromatic N) is 4. The van der Waals surface area contributed by atoms with Crippen LogP contribution < -0.4 is 5.32 Å². The van der Waals surface area contributed by atoms with Crippen molar-refractivity contribution in [1.82, 2.24) is 20.2 Å². The average molecular weight is 292 g/mol. The second-order valence-corrected chi connectivity index (χ2v) is 4.17. The zero-order chi connectivity index (χ0) is 14.0. The van der Waals surface area contributed by atoms with E-state index in [0.717, 1.165) is 6.07 Å². The summed E-state index contributed by atoms with van der Waals surface area (Å²) in [6.45, 7) is 0.283. The standard InChI is InChI=1S/C10H9ClF3N5/c1-19-9(16-17-18-19)5-15-6-2-3-7(8(11)4-6)10(12,13)14/h2-4,15H,5H2,1H3. The lowest BCUT2D eigenvalue weighted by Gasteiger charge is -2.11. The van der Waals surface area contributed by atoms with E-state index in [4.69, 9.17) is 11.6 Å². The van der Waals surface area contributed by atoms with Crippen molar-refractivity contribution in [2.24, 2.45) is 7.05 Å². The lowest BCUT2D eigenvalue weighted by atomic mass is 10.2. The zero-order valence-electron chi connectivity index (χ0n) is 9.74. The maximum absolute atomic E-state index is 12.5. The van der Waals surface area contributed by atoms with Gasteiger partial charge in [-0.15, -0.1) is 5.10 Å². The zero-order valence-corrected chi connectivity index (χ0v) is 10.5. The first-order valence-electron chi connectivity index (χ1n) is 5.20. The Hall–Kier alpha value is -1.83. The average Bonchev–Trinajstić information content (AvgIpc) is 2.70. The summed E-state index contributed by atoms with van der Waals surface area (Å²) in [4.78, 5) is 0.